The molecular formula is C14H21N5O. The summed E-state index contributed by atoms with van der Waals surface area (Å²) in [6.45, 7) is 3.16. The molecule has 4 N–H and O–H groups in total. The predicted octanol–water partition coefficient (Wildman–Crippen LogP) is 0.502. The van der Waals surface area contributed by atoms with Gasteiger partial charge in [0.1, 0.15) is 5.69 Å². The van der Waals surface area contributed by atoms with E-state index < -0.39 is 0 Å². The summed E-state index contributed by atoms with van der Waals surface area (Å²) in [6, 6.07) is 5.23. The number of pyridine rings is 1. The predicted molar refractivity (Wildman–Crippen MR) is 76.6 cm³/mol. The third-order valence-corrected chi connectivity index (χ3v) is 4.07. The quantitative estimate of drug-likeness (QED) is 0.315. The molecule has 0 radical (unpaired) electrons. The van der Waals surface area contributed by atoms with Crippen molar-refractivity contribution in [2.24, 2.45) is 10.9 Å². The van der Waals surface area contributed by atoms with Gasteiger partial charge < -0.3 is 16.3 Å². The van der Waals surface area contributed by atoms with E-state index in [0.29, 0.717) is 11.7 Å². The second-order valence-corrected chi connectivity index (χ2v) is 5.63. The van der Waals surface area contributed by atoms with Gasteiger partial charge >= 0.3 is 0 Å². The lowest BCUT2D eigenvalue weighted by atomic mass is 10.2. The Morgan fingerprint density at radius 2 is 2.35 bits per heavy atom. The summed E-state index contributed by atoms with van der Waals surface area (Å²) in [7, 11) is 0. The lowest BCUT2D eigenvalue weighted by Gasteiger charge is -2.16. The van der Waals surface area contributed by atoms with Crippen LogP contribution >= 0.6 is 0 Å². The maximum absolute atomic E-state index is 8.67. The minimum Gasteiger partial charge on any atom is -0.409 e. The van der Waals surface area contributed by atoms with Gasteiger partial charge in [-0.15, -0.1) is 0 Å². The minimum atomic E-state index is 0.0487. The summed E-state index contributed by atoms with van der Waals surface area (Å²) in [5.41, 5.74) is 7.17. The molecule has 1 aliphatic carbocycles. The van der Waals surface area contributed by atoms with Gasteiger partial charge in [-0.3, -0.25) is 9.88 Å². The summed E-state index contributed by atoms with van der Waals surface area (Å²) in [4.78, 5) is 6.67. The van der Waals surface area contributed by atoms with Gasteiger partial charge in [0.2, 0.25) is 0 Å². The molecule has 0 spiro atoms. The highest BCUT2D eigenvalue weighted by Gasteiger charge is 2.33. The van der Waals surface area contributed by atoms with Crippen molar-refractivity contribution in [3.63, 3.8) is 0 Å². The van der Waals surface area contributed by atoms with Crippen LogP contribution in [0.3, 0.4) is 0 Å². The van der Waals surface area contributed by atoms with Crippen molar-refractivity contribution in [2.45, 2.75) is 37.9 Å². The van der Waals surface area contributed by atoms with E-state index in [-0.39, 0.29) is 5.84 Å². The van der Waals surface area contributed by atoms with Crippen LogP contribution < -0.4 is 11.1 Å². The van der Waals surface area contributed by atoms with Gasteiger partial charge in [-0.2, -0.15) is 0 Å². The van der Waals surface area contributed by atoms with E-state index in [1.54, 1.807) is 6.20 Å². The van der Waals surface area contributed by atoms with E-state index in [0.717, 1.165) is 24.7 Å². The fraction of sp³-hybridized carbons (Fsp3) is 0.571. The third-order valence-electron chi connectivity index (χ3n) is 4.07. The number of nitrogens with zero attached hydrogens (tertiary/aromatic N) is 3. The highest BCUT2D eigenvalue weighted by molar-refractivity contribution is 5.95. The van der Waals surface area contributed by atoms with Crippen molar-refractivity contribution >= 4 is 5.84 Å². The minimum absolute atomic E-state index is 0.0487. The first-order chi connectivity index (χ1) is 9.76. The van der Waals surface area contributed by atoms with Crippen molar-refractivity contribution in [3.8, 4) is 0 Å². The molecule has 1 saturated carbocycles. The van der Waals surface area contributed by atoms with Crippen molar-refractivity contribution in [2.75, 3.05) is 13.1 Å². The zero-order valence-corrected chi connectivity index (χ0v) is 11.5. The van der Waals surface area contributed by atoms with Crippen LogP contribution in [0.4, 0.5) is 0 Å². The summed E-state index contributed by atoms with van der Waals surface area (Å²) in [5.74, 6) is 0.0487. The van der Waals surface area contributed by atoms with Crippen LogP contribution in [0.1, 0.15) is 30.5 Å². The molecule has 0 amide bonds. The molecular weight excluding hydrogens is 254 g/mol. The summed E-state index contributed by atoms with van der Waals surface area (Å²) in [6.07, 6.45) is 5.66. The Morgan fingerprint density at radius 3 is 3.10 bits per heavy atom. The van der Waals surface area contributed by atoms with Crippen LogP contribution in [0.25, 0.3) is 0 Å². The molecule has 0 bridgehead atoms. The van der Waals surface area contributed by atoms with Gasteiger partial charge in [0, 0.05) is 37.9 Å². The Kier molecular flexibility index (Phi) is 3.84. The number of hydrogen-bond acceptors (Lipinski definition) is 5. The first kappa shape index (κ1) is 13.3. The number of aromatic nitrogens is 1. The highest BCUT2D eigenvalue weighted by Crippen LogP contribution is 2.29. The number of nitrogens with one attached hydrogen (secondary N) is 1. The molecule has 1 aromatic rings. The van der Waals surface area contributed by atoms with Crippen molar-refractivity contribution in [3.05, 3.63) is 29.6 Å². The molecule has 108 valence electrons. The first-order valence-corrected chi connectivity index (χ1v) is 7.16. The summed E-state index contributed by atoms with van der Waals surface area (Å²) in [5, 5.41) is 15.2. The maximum atomic E-state index is 8.67. The van der Waals surface area contributed by atoms with E-state index >= 15 is 0 Å². The maximum Gasteiger partial charge on any atom is 0.188 e. The molecule has 6 heteroatoms. The van der Waals surface area contributed by atoms with Crippen LogP contribution in [0.15, 0.2) is 23.5 Å². The Hall–Kier alpha value is -1.66. The van der Waals surface area contributed by atoms with Gasteiger partial charge in [0.25, 0.3) is 0 Å². The van der Waals surface area contributed by atoms with E-state index in [9.17, 15) is 0 Å². The summed E-state index contributed by atoms with van der Waals surface area (Å²) < 4.78 is 0. The Labute approximate surface area is 118 Å². The zero-order valence-electron chi connectivity index (χ0n) is 11.5. The van der Waals surface area contributed by atoms with E-state index in [1.165, 1.54) is 25.8 Å². The average molecular weight is 275 g/mol. The molecule has 1 aliphatic heterocycles. The Balaban J connectivity index is 1.53. The SMILES string of the molecule is NC(=NO)c1cc(CNC2CCN(C3CC3)C2)ccn1. The molecule has 0 aromatic carbocycles. The molecule has 6 nitrogen and oxygen atoms in total. The standard InChI is InChI=1S/C14H21N5O/c15-14(18-20)13-7-10(3-5-16-13)8-17-11-4-6-19(9-11)12-1-2-12/h3,5,7,11-12,17,20H,1-2,4,6,8-9H2,(H2,15,18). The summed E-state index contributed by atoms with van der Waals surface area (Å²) >= 11 is 0. The second-order valence-electron chi connectivity index (χ2n) is 5.63. The first-order valence-electron chi connectivity index (χ1n) is 7.16. The van der Waals surface area contributed by atoms with Crippen LogP contribution in [-0.4, -0.2) is 46.1 Å². The molecule has 1 aromatic heterocycles. The Bertz CT molecular complexity index is 500. The number of hydrogen-bond donors (Lipinski definition) is 3. The molecule has 1 atom stereocenters. The molecule has 3 rings (SSSR count). The van der Waals surface area contributed by atoms with Crippen molar-refractivity contribution in [1.82, 2.24) is 15.2 Å². The van der Waals surface area contributed by atoms with E-state index in [4.69, 9.17) is 10.9 Å². The number of nitrogens with two attached hydrogens (primary N) is 1. The van der Waals surface area contributed by atoms with Gasteiger partial charge in [0.05, 0.1) is 0 Å². The zero-order chi connectivity index (χ0) is 13.9. The lowest BCUT2D eigenvalue weighted by molar-refractivity contribution is 0.317. The number of rotatable bonds is 5. The van der Waals surface area contributed by atoms with Gasteiger partial charge in [0.15, 0.2) is 5.84 Å². The number of oxime groups is 1. The average Bonchev–Trinajstić information content (AvgIpc) is 3.23. The van der Waals surface area contributed by atoms with Crippen molar-refractivity contribution < 1.29 is 5.21 Å². The second kappa shape index (κ2) is 5.76. The molecule has 2 fully saturated rings. The van der Waals surface area contributed by atoms with E-state index in [2.05, 4.69) is 20.4 Å². The Morgan fingerprint density at radius 1 is 1.50 bits per heavy atom. The fourth-order valence-electron chi connectivity index (χ4n) is 2.76. The lowest BCUT2D eigenvalue weighted by Crippen LogP contribution is -2.33. The molecule has 2 aliphatic rings. The van der Waals surface area contributed by atoms with Gasteiger partial charge in [-0.1, -0.05) is 5.16 Å². The molecule has 1 unspecified atom stereocenters. The highest BCUT2D eigenvalue weighted by atomic mass is 16.4. The third kappa shape index (κ3) is 3.08. The topological polar surface area (TPSA) is 86.8 Å². The largest absolute Gasteiger partial charge is 0.409 e. The molecule has 1 saturated heterocycles. The van der Waals surface area contributed by atoms with Crippen LogP contribution in [0.5, 0.6) is 0 Å². The number of amidine groups is 1. The van der Waals surface area contributed by atoms with Crippen LogP contribution in [-0.2, 0) is 6.54 Å². The van der Waals surface area contributed by atoms with Crippen LogP contribution in [0, 0.1) is 0 Å². The molecule has 20 heavy (non-hydrogen) atoms. The van der Waals surface area contributed by atoms with Gasteiger partial charge in [-0.05, 0) is 37.0 Å². The fourth-order valence-corrected chi connectivity index (χ4v) is 2.76. The van der Waals surface area contributed by atoms with Crippen molar-refractivity contribution in [1.29, 1.82) is 0 Å². The normalized spacial score (nSPS) is 24.2. The molecule has 2 heterocycles. The monoisotopic (exact) mass is 275 g/mol. The number of likely N-dealkylation sites (tertiary alicyclic amines) is 1. The van der Waals surface area contributed by atoms with E-state index in [1.807, 2.05) is 12.1 Å². The van der Waals surface area contributed by atoms with Crippen LogP contribution in [0.2, 0.25) is 0 Å². The van der Waals surface area contributed by atoms with Gasteiger partial charge in [-0.25, -0.2) is 0 Å². The smallest absolute Gasteiger partial charge is 0.188 e.